The number of nitrogens with zero attached hydrogens (tertiary/aromatic N) is 2. The second-order valence-corrected chi connectivity index (χ2v) is 5.47. The highest BCUT2D eigenvalue weighted by Gasteiger charge is 2.33. The zero-order valence-electron chi connectivity index (χ0n) is 13.3. The maximum absolute atomic E-state index is 11.4. The maximum Gasteiger partial charge on any atom is 0.332 e. The number of carbonyl (C=O) groups excluding carboxylic acids is 2. The number of nitrogens with one attached hydrogen (secondary N) is 1. The Bertz CT molecular complexity index is 456. The molecule has 0 spiro atoms. The summed E-state index contributed by atoms with van der Waals surface area (Å²) in [6.45, 7) is 3.05. The highest BCUT2D eigenvalue weighted by molar-refractivity contribution is 6.37. The van der Waals surface area contributed by atoms with E-state index in [0.717, 1.165) is 25.7 Å². The molecule has 0 aliphatic carbocycles. The van der Waals surface area contributed by atoms with E-state index in [-0.39, 0.29) is 30.7 Å². The molecule has 0 radical (unpaired) electrons. The van der Waals surface area contributed by atoms with Gasteiger partial charge in [0.1, 0.15) is 19.5 Å². The van der Waals surface area contributed by atoms with E-state index in [4.69, 9.17) is 19.9 Å². The molecule has 1 fully saturated rings. The number of esters is 1. The lowest BCUT2D eigenvalue weighted by Crippen LogP contribution is -2.47. The number of rotatable bonds is 9. The standard InChI is InChI=1S/C14H24N4O5/c1-2-3-6-22-12(19)8-21-7-10-4-5-11(23-10)18-9-16-14(17-18)13(15)20/h10-11H,2-9H2,1H3,(H2,15,20)(H,16,17)/t10-,11+/m0/s1. The monoisotopic (exact) mass is 328 g/mol. The van der Waals surface area contributed by atoms with Crippen molar-refractivity contribution < 1.29 is 23.8 Å². The zero-order chi connectivity index (χ0) is 16.7. The van der Waals surface area contributed by atoms with Crippen LogP contribution in [0.15, 0.2) is 4.99 Å². The van der Waals surface area contributed by atoms with Crippen molar-refractivity contribution in [3.63, 3.8) is 0 Å². The van der Waals surface area contributed by atoms with E-state index < -0.39 is 5.91 Å². The summed E-state index contributed by atoms with van der Waals surface area (Å²) in [5, 5.41) is 1.72. The molecule has 0 aromatic carbocycles. The van der Waals surface area contributed by atoms with Crippen LogP contribution in [0.4, 0.5) is 0 Å². The van der Waals surface area contributed by atoms with Gasteiger partial charge in [0, 0.05) is 0 Å². The fraction of sp³-hybridized carbons (Fsp3) is 0.786. The fourth-order valence-corrected chi connectivity index (χ4v) is 2.33. The Morgan fingerprint density at radius 3 is 3.00 bits per heavy atom. The molecule has 0 saturated carbocycles. The third-order valence-corrected chi connectivity index (χ3v) is 3.58. The van der Waals surface area contributed by atoms with Crippen LogP contribution in [0.5, 0.6) is 0 Å². The largest absolute Gasteiger partial charge is 0.464 e. The minimum Gasteiger partial charge on any atom is -0.464 e. The molecule has 2 rings (SSSR count). The first-order valence-corrected chi connectivity index (χ1v) is 7.86. The summed E-state index contributed by atoms with van der Waals surface area (Å²) in [4.78, 5) is 26.4. The molecule has 0 bridgehead atoms. The van der Waals surface area contributed by atoms with Gasteiger partial charge in [-0.3, -0.25) is 10.2 Å². The van der Waals surface area contributed by atoms with Crippen LogP contribution < -0.4 is 11.2 Å². The highest BCUT2D eigenvalue weighted by atomic mass is 16.6. The van der Waals surface area contributed by atoms with E-state index in [2.05, 4.69) is 10.4 Å². The molecule has 23 heavy (non-hydrogen) atoms. The Kier molecular flexibility index (Phi) is 6.75. The first-order valence-electron chi connectivity index (χ1n) is 7.86. The van der Waals surface area contributed by atoms with E-state index >= 15 is 0 Å². The Labute approximate surface area is 135 Å². The summed E-state index contributed by atoms with van der Waals surface area (Å²) < 4.78 is 16.2. The van der Waals surface area contributed by atoms with Crippen LogP contribution in [0, 0.1) is 0 Å². The Hall–Kier alpha value is -1.71. The minimum atomic E-state index is -0.591. The van der Waals surface area contributed by atoms with Gasteiger partial charge >= 0.3 is 5.97 Å². The highest BCUT2D eigenvalue weighted by Crippen LogP contribution is 2.23. The third kappa shape index (κ3) is 5.45. The first-order chi connectivity index (χ1) is 11.1. The van der Waals surface area contributed by atoms with Crippen molar-refractivity contribution in [3.8, 4) is 0 Å². The molecule has 9 heteroatoms. The smallest absolute Gasteiger partial charge is 0.332 e. The number of ether oxygens (including phenoxy) is 3. The Balaban J connectivity index is 1.59. The molecule has 1 amide bonds. The average Bonchev–Trinajstić information content (AvgIpc) is 3.16. The molecule has 2 heterocycles. The van der Waals surface area contributed by atoms with E-state index in [1.54, 1.807) is 5.01 Å². The van der Waals surface area contributed by atoms with Crippen molar-refractivity contribution in [2.24, 2.45) is 10.7 Å². The van der Waals surface area contributed by atoms with Crippen LogP contribution >= 0.6 is 0 Å². The van der Waals surface area contributed by atoms with Gasteiger partial charge in [-0.15, -0.1) is 0 Å². The lowest BCUT2D eigenvalue weighted by Gasteiger charge is -2.23. The molecule has 0 aromatic heterocycles. The quantitative estimate of drug-likeness (QED) is 0.433. The summed E-state index contributed by atoms with van der Waals surface area (Å²) in [7, 11) is 0. The summed E-state index contributed by atoms with van der Waals surface area (Å²) in [6, 6.07) is 0. The van der Waals surface area contributed by atoms with Crippen molar-refractivity contribution in [2.45, 2.75) is 44.9 Å². The van der Waals surface area contributed by atoms with Crippen LogP contribution in [0.3, 0.4) is 0 Å². The second-order valence-electron chi connectivity index (χ2n) is 5.47. The van der Waals surface area contributed by atoms with Crippen LogP contribution in [-0.2, 0) is 23.8 Å². The molecule has 130 valence electrons. The van der Waals surface area contributed by atoms with Crippen LogP contribution in [0.2, 0.25) is 0 Å². The van der Waals surface area contributed by atoms with E-state index in [1.165, 1.54) is 0 Å². The number of nitrogens with two attached hydrogens (primary N) is 1. The van der Waals surface area contributed by atoms with Gasteiger partial charge < -0.3 is 19.9 Å². The van der Waals surface area contributed by atoms with Gasteiger partial charge in [-0.25, -0.2) is 9.79 Å². The van der Waals surface area contributed by atoms with Crippen LogP contribution in [0.25, 0.3) is 0 Å². The van der Waals surface area contributed by atoms with Gasteiger partial charge in [0.05, 0.1) is 19.3 Å². The maximum atomic E-state index is 11.4. The second kappa shape index (κ2) is 8.80. The summed E-state index contributed by atoms with van der Waals surface area (Å²) in [5.41, 5.74) is 7.98. The van der Waals surface area contributed by atoms with Crippen LogP contribution in [0.1, 0.15) is 32.6 Å². The number of carbonyl (C=O) groups is 2. The summed E-state index contributed by atoms with van der Waals surface area (Å²) >= 11 is 0. The first kappa shape index (κ1) is 17.6. The number of primary amides is 1. The van der Waals surface area contributed by atoms with Crippen molar-refractivity contribution in [1.82, 2.24) is 10.4 Å². The van der Waals surface area contributed by atoms with Gasteiger partial charge in [0.2, 0.25) is 5.84 Å². The number of amides is 1. The minimum absolute atomic E-state index is 0.0643. The SMILES string of the molecule is CCCCOC(=O)COC[C@@H]1CC[C@H](N2CN=C(C(N)=O)N2)O1. The van der Waals surface area contributed by atoms with Gasteiger partial charge in [-0.1, -0.05) is 13.3 Å². The molecule has 9 nitrogen and oxygen atoms in total. The van der Waals surface area contributed by atoms with Gasteiger partial charge in [0.25, 0.3) is 5.91 Å². The molecular formula is C14H24N4O5. The Morgan fingerprint density at radius 2 is 2.30 bits per heavy atom. The topological polar surface area (TPSA) is 115 Å². The van der Waals surface area contributed by atoms with E-state index in [9.17, 15) is 9.59 Å². The predicted octanol–water partition coefficient (Wildman–Crippen LogP) is -0.487. The van der Waals surface area contributed by atoms with Crippen molar-refractivity contribution in [3.05, 3.63) is 0 Å². The summed E-state index contributed by atoms with van der Waals surface area (Å²) in [5.74, 6) is -0.802. The van der Waals surface area contributed by atoms with Gasteiger partial charge in [0.15, 0.2) is 0 Å². The lowest BCUT2D eigenvalue weighted by atomic mass is 10.2. The number of amidine groups is 1. The number of aliphatic imine (C=N–C) groups is 1. The fourth-order valence-electron chi connectivity index (χ4n) is 2.33. The number of hydrogen-bond acceptors (Lipinski definition) is 8. The third-order valence-electron chi connectivity index (χ3n) is 3.58. The molecular weight excluding hydrogens is 304 g/mol. The van der Waals surface area contributed by atoms with Crippen molar-refractivity contribution in [2.75, 3.05) is 26.5 Å². The van der Waals surface area contributed by atoms with Gasteiger partial charge in [-0.2, -0.15) is 5.01 Å². The Morgan fingerprint density at radius 1 is 1.48 bits per heavy atom. The van der Waals surface area contributed by atoms with E-state index in [1.807, 2.05) is 6.92 Å². The molecule has 2 aliphatic heterocycles. The molecule has 0 unspecified atom stereocenters. The number of hydrogen-bond donors (Lipinski definition) is 2. The normalized spacial score (nSPS) is 24.3. The van der Waals surface area contributed by atoms with Crippen molar-refractivity contribution in [1.29, 1.82) is 0 Å². The molecule has 0 aromatic rings. The number of hydrazine groups is 1. The summed E-state index contributed by atoms with van der Waals surface area (Å²) in [6.07, 6.45) is 3.14. The molecule has 3 N–H and O–H groups in total. The molecule has 2 atom stereocenters. The lowest BCUT2D eigenvalue weighted by molar-refractivity contribution is -0.151. The number of unbranched alkanes of at least 4 members (excludes halogenated alkanes) is 1. The average molecular weight is 328 g/mol. The predicted molar refractivity (Wildman–Crippen MR) is 81.1 cm³/mol. The van der Waals surface area contributed by atoms with Gasteiger partial charge in [-0.05, 0) is 19.3 Å². The molecule has 1 saturated heterocycles. The zero-order valence-corrected chi connectivity index (χ0v) is 13.3. The molecule has 2 aliphatic rings. The van der Waals surface area contributed by atoms with Crippen LogP contribution in [-0.4, -0.2) is 61.5 Å². The van der Waals surface area contributed by atoms with Crippen molar-refractivity contribution >= 4 is 17.7 Å². The van der Waals surface area contributed by atoms with E-state index in [0.29, 0.717) is 19.9 Å².